The molecule has 1 N–H and O–H groups in total. The van der Waals surface area contributed by atoms with Gasteiger partial charge in [0, 0.05) is 30.4 Å². The lowest BCUT2D eigenvalue weighted by Crippen LogP contribution is -2.24. The fraction of sp³-hybridized carbons (Fsp3) is 0.375. The molecule has 3 rings (SSSR count). The van der Waals surface area contributed by atoms with Gasteiger partial charge in [0.15, 0.2) is 11.5 Å². The van der Waals surface area contributed by atoms with Crippen LogP contribution >= 0.6 is 0 Å². The number of amides is 1. The zero-order chi connectivity index (χ0) is 15.7. The summed E-state index contributed by atoms with van der Waals surface area (Å²) in [6, 6.07) is 5.22. The number of nitrogens with one attached hydrogen (secondary N) is 1. The number of aryl methyl sites for hydroxylation is 2. The summed E-state index contributed by atoms with van der Waals surface area (Å²) in [4.78, 5) is 12.3. The van der Waals surface area contributed by atoms with Crippen molar-refractivity contribution in [2.75, 3.05) is 13.2 Å². The Morgan fingerprint density at radius 3 is 2.68 bits per heavy atom. The second-order valence-corrected chi connectivity index (χ2v) is 5.31. The molecule has 2 heterocycles. The summed E-state index contributed by atoms with van der Waals surface area (Å²) in [5.41, 5.74) is 3.60. The van der Waals surface area contributed by atoms with Gasteiger partial charge in [-0.2, -0.15) is 5.10 Å². The van der Waals surface area contributed by atoms with Gasteiger partial charge in [-0.3, -0.25) is 9.48 Å². The van der Waals surface area contributed by atoms with E-state index in [-0.39, 0.29) is 5.91 Å². The Labute approximate surface area is 129 Å². The van der Waals surface area contributed by atoms with Crippen LogP contribution in [0.3, 0.4) is 0 Å². The highest BCUT2D eigenvalue weighted by molar-refractivity contribution is 5.94. The molecule has 0 aliphatic carbocycles. The van der Waals surface area contributed by atoms with Gasteiger partial charge in [0.25, 0.3) is 5.91 Å². The van der Waals surface area contributed by atoms with E-state index in [1.807, 2.05) is 25.6 Å². The first-order valence-corrected chi connectivity index (χ1v) is 7.23. The number of hydrogen-bond acceptors (Lipinski definition) is 4. The van der Waals surface area contributed by atoms with Crippen LogP contribution in [0.4, 0.5) is 0 Å². The number of nitrogens with zero attached hydrogens (tertiary/aromatic N) is 2. The van der Waals surface area contributed by atoms with Crippen LogP contribution in [0.2, 0.25) is 0 Å². The highest BCUT2D eigenvalue weighted by atomic mass is 16.6. The molecule has 0 fully saturated rings. The fourth-order valence-electron chi connectivity index (χ4n) is 2.53. The lowest BCUT2D eigenvalue weighted by Gasteiger charge is -2.18. The van der Waals surface area contributed by atoms with Crippen molar-refractivity contribution in [3.8, 4) is 11.5 Å². The number of benzene rings is 1. The summed E-state index contributed by atoms with van der Waals surface area (Å²) in [5.74, 6) is 1.16. The van der Waals surface area contributed by atoms with Crippen molar-refractivity contribution in [3.63, 3.8) is 0 Å². The maximum absolute atomic E-state index is 12.3. The Morgan fingerprint density at radius 2 is 2.00 bits per heavy atom. The Bertz CT molecular complexity index is 722. The first-order valence-electron chi connectivity index (χ1n) is 7.23. The van der Waals surface area contributed by atoms with Crippen molar-refractivity contribution in [2.24, 2.45) is 7.05 Å². The second kappa shape index (κ2) is 5.71. The first-order chi connectivity index (χ1) is 10.6. The molecule has 2 aromatic rings. The van der Waals surface area contributed by atoms with Crippen LogP contribution in [-0.4, -0.2) is 28.9 Å². The lowest BCUT2D eigenvalue weighted by atomic mass is 10.1. The minimum absolute atomic E-state index is 0.139. The summed E-state index contributed by atoms with van der Waals surface area (Å²) in [7, 11) is 1.90. The van der Waals surface area contributed by atoms with Gasteiger partial charge in [0.2, 0.25) is 0 Å². The molecule has 1 aliphatic rings. The Morgan fingerprint density at radius 1 is 1.27 bits per heavy atom. The third-order valence-corrected chi connectivity index (χ3v) is 3.89. The van der Waals surface area contributed by atoms with E-state index < -0.39 is 0 Å². The smallest absolute Gasteiger partial charge is 0.251 e. The number of carbonyl (C=O) groups is 1. The van der Waals surface area contributed by atoms with E-state index >= 15 is 0 Å². The van der Waals surface area contributed by atoms with Crippen molar-refractivity contribution in [1.82, 2.24) is 15.1 Å². The molecule has 0 atom stereocenters. The van der Waals surface area contributed by atoms with E-state index in [1.165, 1.54) is 0 Å². The van der Waals surface area contributed by atoms with Crippen LogP contribution in [0.1, 0.15) is 27.3 Å². The first kappa shape index (κ1) is 14.4. The molecule has 1 aromatic heterocycles. The van der Waals surface area contributed by atoms with Crippen LogP contribution in [0.5, 0.6) is 11.5 Å². The molecule has 0 saturated heterocycles. The van der Waals surface area contributed by atoms with Crippen LogP contribution in [0.25, 0.3) is 0 Å². The molecular formula is C16H19N3O3. The van der Waals surface area contributed by atoms with Gasteiger partial charge in [0.1, 0.15) is 13.2 Å². The third-order valence-electron chi connectivity index (χ3n) is 3.89. The molecule has 0 saturated carbocycles. The molecular weight excluding hydrogens is 282 g/mol. The van der Waals surface area contributed by atoms with E-state index in [2.05, 4.69) is 10.4 Å². The standard InChI is InChI=1S/C16H19N3O3/c1-10-13(11(2)19(3)18-10)9-17-16(20)12-4-5-14-15(8-12)22-7-6-21-14/h4-5,8H,6-7,9H2,1-3H3,(H,17,20). The number of carbonyl (C=O) groups excluding carboxylic acids is 1. The largest absolute Gasteiger partial charge is 0.486 e. The highest BCUT2D eigenvalue weighted by Gasteiger charge is 2.16. The molecule has 1 aromatic carbocycles. The summed E-state index contributed by atoms with van der Waals surface area (Å²) in [5, 5.41) is 7.28. The topological polar surface area (TPSA) is 65.4 Å². The van der Waals surface area contributed by atoms with E-state index in [0.29, 0.717) is 36.8 Å². The van der Waals surface area contributed by atoms with E-state index in [4.69, 9.17) is 9.47 Å². The van der Waals surface area contributed by atoms with E-state index in [9.17, 15) is 4.79 Å². The van der Waals surface area contributed by atoms with Gasteiger partial charge in [-0.1, -0.05) is 0 Å². The highest BCUT2D eigenvalue weighted by Crippen LogP contribution is 2.30. The molecule has 0 unspecified atom stereocenters. The molecule has 6 heteroatoms. The lowest BCUT2D eigenvalue weighted by molar-refractivity contribution is 0.0949. The van der Waals surface area contributed by atoms with Gasteiger partial charge in [-0.15, -0.1) is 0 Å². The normalized spacial score (nSPS) is 13.0. The van der Waals surface area contributed by atoms with Gasteiger partial charge < -0.3 is 14.8 Å². The Balaban J connectivity index is 1.72. The van der Waals surface area contributed by atoms with Crippen LogP contribution in [0, 0.1) is 13.8 Å². The zero-order valence-corrected chi connectivity index (χ0v) is 13.0. The van der Waals surface area contributed by atoms with Gasteiger partial charge in [-0.05, 0) is 32.0 Å². The van der Waals surface area contributed by atoms with Crippen molar-refractivity contribution >= 4 is 5.91 Å². The minimum Gasteiger partial charge on any atom is -0.486 e. The van der Waals surface area contributed by atoms with Crippen molar-refractivity contribution in [3.05, 3.63) is 40.7 Å². The van der Waals surface area contributed by atoms with E-state index in [0.717, 1.165) is 17.0 Å². The second-order valence-electron chi connectivity index (χ2n) is 5.31. The molecule has 0 radical (unpaired) electrons. The summed E-state index contributed by atoms with van der Waals surface area (Å²) in [6.07, 6.45) is 0. The number of ether oxygens (including phenoxy) is 2. The van der Waals surface area contributed by atoms with Crippen LogP contribution in [-0.2, 0) is 13.6 Å². The molecule has 0 bridgehead atoms. The fourth-order valence-corrected chi connectivity index (χ4v) is 2.53. The predicted octanol–water partition coefficient (Wildman–Crippen LogP) is 1.74. The Hall–Kier alpha value is -2.50. The maximum Gasteiger partial charge on any atom is 0.251 e. The summed E-state index contributed by atoms with van der Waals surface area (Å²) in [6.45, 7) is 5.44. The molecule has 116 valence electrons. The van der Waals surface area contributed by atoms with Gasteiger partial charge in [0.05, 0.1) is 5.69 Å². The van der Waals surface area contributed by atoms with Crippen LogP contribution in [0.15, 0.2) is 18.2 Å². The number of rotatable bonds is 3. The van der Waals surface area contributed by atoms with Gasteiger partial charge in [-0.25, -0.2) is 0 Å². The zero-order valence-electron chi connectivity index (χ0n) is 13.0. The van der Waals surface area contributed by atoms with E-state index in [1.54, 1.807) is 18.2 Å². The van der Waals surface area contributed by atoms with Gasteiger partial charge >= 0.3 is 0 Å². The molecule has 1 aliphatic heterocycles. The maximum atomic E-state index is 12.3. The number of aromatic nitrogens is 2. The van der Waals surface area contributed by atoms with Crippen molar-refractivity contribution in [2.45, 2.75) is 20.4 Å². The van der Waals surface area contributed by atoms with Crippen molar-refractivity contribution < 1.29 is 14.3 Å². The third kappa shape index (κ3) is 2.64. The number of fused-ring (bicyclic) bond motifs is 1. The average Bonchev–Trinajstić information content (AvgIpc) is 2.77. The molecule has 22 heavy (non-hydrogen) atoms. The van der Waals surface area contributed by atoms with Crippen molar-refractivity contribution in [1.29, 1.82) is 0 Å². The molecule has 0 spiro atoms. The quantitative estimate of drug-likeness (QED) is 0.938. The monoisotopic (exact) mass is 301 g/mol. The molecule has 6 nitrogen and oxygen atoms in total. The summed E-state index contributed by atoms with van der Waals surface area (Å²) < 4.78 is 12.8. The Kier molecular flexibility index (Phi) is 3.75. The molecule has 1 amide bonds. The SMILES string of the molecule is Cc1nn(C)c(C)c1CNC(=O)c1ccc2c(c1)OCCO2. The predicted molar refractivity (Wildman–Crippen MR) is 81.3 cm³/mol. The average molecular weight is 301 g/mol. The minimum atomic E-state index is -0.139. The van der Waals surface area contributed by atoms with Crippen LogP contribution < -0.4 is 14.8 Å². The summed E-state index contributed by atoms with van der Waals surface area (Å²) >= 11 is 0. The number of hydrogen-bond donors (Lipinski definition) is 1.